The molecular formula is C18H22ClNO5. The molecule has 136 valence electrons. The molecule has 1 N–H and O–H groups in total. The monoisotopic (exact) mass is 367 g/mol. The van der Waals surface area contributed by atoms with Crippen molar-refractivity contribution in [1.29, 1.82) is 0 Å². The van der Waals surface area contributed by atoms with Gasteiger partial charge in [0.2, 0.25) is 0 Å². The summed E-state index contributed by atoms with van der Waals surface area (Å²) in [6, 6.07) is 4.71. The number of nitrogens with zero attached hydrogens (tertiary/aromatic N) is 1. The number of carbonyl (C=O) groups is 2. The molecular weight excluding hydrogens is 346 g/mol. The molecule has 0 aliphatic carbocycles. The smallest absolute Gasteiger partial charge is 0.343 e. The number of esters is 2. The minimum absolute atomic E-state index is 0.0801. The quantitative estimate of drug-likeness (QED) is 0.318. The molecule has 0 amide bonds. The van der Waals surface area contributed by atoms with E-state index >= 15 is 0 Å². The van der Waals surface area contributed by atoms with Crippen LogP contribution < -0.4 is 0 Å². The number of carbonyl (C=O) groups excluding carboxylic acids is 2. The topological polar surface area (TPSA) is 85.2 Å². The highest BCUT2D eigenvalue weighted by Gasteiger charge is 2.16. The zero-order chi connectivity index (χ0) is 18.8. The minimum atomic E-state index is -0.680. The fraction of sp³-hybridized carbons (Fsp3) is 0.389. The van der Waals surface area contributed by atoms with Crippen LogP contribution in [0.5, 0.6) is 0 Å². The lowest BCUT2D eigenvalue weighted by molar-refractivity contribution is -0.138. The summed E-state index contributed by atoms with van der Waals surface area (Å²) in [5.74, 6) is -1.44. The maximum Gasteiger partial charge on any atom is 0.343 e. The van der Waals surface area contributed by atoms with Gasteiger partial charge in [-0.2, -0.15) is 0 Å². The van der Waals surface area contributed by atoms with Gasteiger partial charge in [-0.1, -0.05) is 31.5 Å². The second-order valence-corrected chi connectivity index (χ2v) is 5.55. The summed E-state index contributed by atoms with van der Waals surface area (Å²) in [4.78, 5) is 28.0. The summed E-state index contributed by atoms with van der Waals surface area (Å²) < 4.78 is 10.0. The molecule has 0 spiro atoms. The van der Waals surface area contributed by atoms with Crippen LogP contribution in [0.25, 0.3) is 0 Å². The Labute approximate surface area is 152 Å². The molecule has 1 aromatic rings. The number of aliphatic hydroxyl groups excluding tert-OH is 1. The van der Waals surface area contributed by atoms with Crippen LogP contribution in [0.15, 0.2) is 34.5 Å². The van der Waals surface area contributed by atoms with Gasteiger partial charge in [-0.3, -0.25) is 4.99 Å². The summed E-state index contributed by atoms with van der Waals surface area (Å²) in [6.07, 6.45) is 2.52. The first-order valence-electron chi connectivity index (χ1n) is 7.99. The van der Waals surface area contributed by atoms with Gasteiger partial charge < -0.3 is 14.6 Å². The Kier molecular flexibility index (Phi) is 8.70. The predicted molar refractivity (Wildman–Crippen MR) is 96.8 cm³/mol. The minimum Gasteiger partial charge on any atom is -0.512 e. The van der Waals surface area contributed by atoms with Crippen molar-refractivity contribution in [3.63, 3.8) is 0 Å². The normalized spacial score (nSPS) is 12.0. The molecule has 0 atom stereocenters. The van der Waals surface area contributed by atoms with Gasteiger partial charge in [0.15, 0.2) is 0 Å². The van der Waals surface area contributed by atoms with E-state index in [9.17, 15) is 14.7 Å². The van der Waals surface area contributed by atoms with E-state index in [2.05, 4.69) is 4.99 Å². The molecule has 0 heterocycles. The third kappa shape index (κ3) is 6.23. The van der Waals surface area contributed by atoms with E-state index in [0.717, 1.165) is 6.21 Å². The summed E-state index contributed by atoms with van der Waals surface area (Å²) >= 11 is 6.20. The van der Waals surface area contributed by atoms with Crippen molar-refractivity contribution >= 4 is 35.4 Å². The van der Waals surface area contributed by atoms with Crippen molar-refractivity contribution in [1.82, 2.24) is 0 Å². The van der Waals surface area contributed by atoms with Crippen molar-refractivity contribution in [3.8, 4) is 0 Å². The van der Waals surface area contributed by atoms with Crippen molar-refractivity contribution in [2.75, 3.05) is 13.2 Å². The molecule has 6 nitrogen and oxygen atoms in total. The fourth-order valence-corrected chi connectivity index (χ4v) is 2.00. The van der Waals surface area contributed by atoms with Crippen molar-refractivity contribution in [3.05, 3.63) is 40.1 Å². The number of allylic oxidation sites excluding steroid dienone is 1. The van der Waals surface area contributed by atoms with Crippen LogP contribution in [0, 0.1) is 0 Å². The van der Waals surface area contributed by atoms with Gasteiger partial charge in [0.1, 0.15) is 11.3 Å². The summed E-state index contributed by atoms with van der Waals surface area (Å²) in [5, 5.41) is 9.76. The molecule has 0 radical (unpaired) electrons. The molecule has 7 heteroatoms. The van der Waals surface area contributed by atoms with Gasteiger partial charge in [0.25, 0.3) is 0 Å². The van der Waals surface area contributed by atoms with Gasteiger partial charge in [-0.25, -0.2) is 9.59 Å². The van der Waals surface area contributed by atoms with Gasteiger partial charge in [-0.05, 0) is 31.9 Å². The van der Waals surface area contributed by atoms with E-state index in [-0.39, 0.29) is 34.2 Å². The van der Waals surface area contributed by atoms with E-state index < -0.39 is 11.9 Å². The average molecular weight is 368 g/mol. The zero-order valence-corrected chi connectivity index (χ0v) is 15.3. The number of hydrogen-bond acceptors (Lipinski definition) is 6. The Morgan fingerprint density at radius 2 is 1.84 bits per heavy atom. The van der Waals surface area contributed by atoms with Crippen molar-refractivity contribution in [2.45, 2.75) is 33.6 Å². The number of halogens is 1. The standard InChI is InChI=1S/C18H22ClNO5/c1-4-9-24-17(22)13-7-6-8-15(16(13)19)20-11-14(12(3)21)18(23)25-10-5-2/h6-8,11,21H,4-5,9-10H2,1-3H3. The largest absolute Gasteiger partial charge is 0.512 e. The maximum atomic E-state index is 12.0. The highest BCUT2D eigenvalue weighted by molar-refractivity contribution is 6.36. The Hall–Kier alpha value is -2.34. The first kappa shape index (κ1) is 20.7. The third-order valence-corrected chi connectivity index (χ3v) is 3.41. The molecule has 0 bridgehead atoms. The van der Waals surface area contributed by atoms with Crippen molar-refractivity contribution in [2.24, 2.45) is 4.99 Å². The van der Waals surface area contributed by atoms with E-state index in [1.54, 1.807) is 12.1 Å². The number of aliphatic hydroxyl groups is 1. The molecule has 0 aliphatic rings. The number of rotatable bonds is 8. The van der Waals surface area contributed by atoms with E-state index in [1.807, 2.05) is 13.8 Å². The van der Waals surface area contributed by atoms with Crippen LogP contribution in [0.4, 0.5) is 5.69 Å². The lowest BCUT2D eigenvalue weighted by Crippen LogP contribution is -2.11. The van der Waals surface area contributed by atoms with Crippen LogP contribution in [0.1, 0.15) is 44.0 Å². The van der Waals surface area contributed by atoms with Gasteiger partial charge in [0.05, 0.1) is 29.5 Å². The summed E-state index contributed by atoms with van der Waals surface area (Å²) in [6.45, 7) is 5.64. The van der Waals surface area contributed by atoms with Gasteiger partial charge >= 0.3 is 11.9 Å². The van der Waals surface area contributed by atoms with Crippen LogP contribution in [-0.4, -0.2) is 36.5 Å². The molecule has 25 heavy (non-hydrogen) atoms. The Balaban J connectivity index is 3.05. The van der Waals surface area contributed by atoms with Gasteiger partial charge in [-0.15, -0.1) is 0 Å². The molecule has 1 rings (SSSR count). The first-order valence-corrected chi connectivity index (χ1v) is 8.36. The third-order valence-electron chi connectivity index (χ3n) is 3.02. The van der Waals surface area contributed by atoms with Crippen LogP contribution in [0.3, 0.4) is 0 Å². The highest BCUT2D eigenvalue weighted by atomic mass is 35.5. The fourth-order valence-electron chi connectivity index (χ4n) is 1.75. The molecule has 1 aromatic carbocycles. The number of hydrogen-bond donors (Lipinski definition) is 1. The second-order valence-electron chi connectivity index (χ2n) is 5.17. The van der Waals surface area contributed by atoms with Gasteiger partial charge in [0, 0.05) is 6.21 Å². The van der Waals surface area contributed by atoms with Crippen LogP contribution >= 0.6 is 11.6 Å². The summed E-state index contributed by atoms with van der Waals surface area (Å²) in [7, 11) is 0. The van der Waals surface area contributed by atoms with E-state index in [1.165, 1.54) is 13.0 Å². The van der Waals surface area contributed by atoms with Crippen LogP contribution in [-0.2, 0) is 14.3 Å². The molecule has 0 fully saturated rings. The maximum absolute atomic E-state index is 12.0. The second kappa shape index (κ2) is 10.5. The highest BCUT2D eigenvalue weighted by Crippen LogP contribution is 2.29. The Morgan fingerprint density at radius 3 is 2.44 bits per heavy atom. The predicted octanol–water partition coefficient (Wildman–Crippen LogP) is 4.39. The molecule has 0 unspecified atom stereocenters. The molecule has 0 aromatic heterocycles. The lowest BCUT2D eigenvalue weighted by Gasteiger charge is -2.07. The van der Waals surface area contributed by atoms with E-state index in [4.69, 9.17) is 21.1 Å². The lowest BCUT2D eigenvalue weighted by atomic mass is 10.2. The Bertz CT molecular complexity index is 678. The summed E-state index contributed by atoms with van der Waals surface area (Å²) in [5.41, 5.74) is 0.378. The molecule has 0 aliphatic heterocycles. The average Bonchev–Trinajstić information content (AvgIpc) is 2.58. The number of benzene rings is 1. The zero-order valence-electron chi connectivity index (χ0n) is 14.5. The number of aliphatic imine (C=N–C) groups is 1. The van der Waals surface area contributed by atoms with E-state index in [0.29, 0.717) is 19.4 Å². The SMILES string of the molecule is CCCOC(=O)C(C=Nc1cccc(C(=O)OCCC)c1Cl)=C(C)O. The first-order chi connectivity index (χ1) is 11.9. The van der Waals surface area contributed by atoms with Crippen LogP contribution in [0.2, 0.25) is 5.02 Å². The molecule has 0 saturated heterocycles. The number of ether oxygens (including phenoxy) is 2. The van der Waals surface area contributed by atoms with Crippen molar-refractivity contribution < 1.29 is 24.2 Å². The Morgan fingerprint density at radius 1 is 1.20 bits per heavy atom. The molecule has 0 saturated carbocycles.